The van der Waals surface area contributed by atoms with E-state index in [9.17, 15) is 5.11 Å². The predicted molar refractivity (Wildman–Crippen MR) is 56.9 cm³/mol. The molecule has 0 amide bonds. The van der Waals surface area contributed by atoms with Crippen LogP contribution in [0, 0.1) is 17.8 Å². The largest absolute Gasteiger partial charge is 0.396 e. The first-order chi connectivity index (χ1) is 6.85. The van der Waals surface area contributed by atoms with Gasteiger partial charge in [-0.2, -0.15) is 0 Å². The first-order valence-electron chi connectivity index (χ1n) is 5.88. The summed E-state index contributed by atoms with van der Waals surface area (Å²) in [7, 11) is 0. The Kier molecular flexibility index (Phi) is 3.42. The molecule has 3 heteroatoms. The van der Waals surface area contributed by atoms with Gasteiger partial charge in [0.15, 0.2) is 0 Å². The molecule has 2 bridgehead atoms. The van der Waals surface area contributed by atoms with E-state index in [1.807, 2.05) is 0 Å². The van der Waals surface area contributed by atoms with E-state index < -0.39 is 0 Å². The second kappa shape index (κ2) is 4.60. The molecular weight excluding hydrogens is 176 g/mol. The SMILES string of the molecule is NCCCN1CC2CCC(C1)C2CO. The van der Waals surface area contributed by atoms with E-state index in [-0.39, 0.29) is 0 Å². The van der Waals surface area contributed by atoms with Gasteiger partial charge in [0.2, 0.25) is 0 Å². The quantitative estimate of drug-likeness (QED) is 0.682. The molecule has 1 aliphatic carbocycles. The summed E-state index contributed by atoms with van der Waals surface area (Å²) in [6, 6.07) is 0. The third-order valence-electron chi connectivity index (χ3n) is 3.99. The maximum Gasteiger partial charge on any atom is 0.0465 e. The van der Waals surface area contributed by atoms with Gasteiger partial charge in [0.05, 0.1) is 0 Å². The topological polar surface area (TPSA) is 49.5 Å². The molecule has 0 radical (unpaired) electrons. The molecule has 2 rings (SSSR count). The van der Waals surface area contributed by atoms with E-state index in [4.69, 9.17) is 5.73 Å². The molecule has 0 aromatic heterocycles. The minimum absolute atomic E-state index is 0.403. The Bertz CT molecular complexity index is 172. The number of aliphatic hydroxyl groups is 1. The highest BCUT2D eigenvalue weighted by molar-refractivity contribution is 4.92. The Labute approximate surface area is 86.3 Å². The Morgan fingerprint density at radius 1 is 1.21 bits per heavy atom. The summed E-state index contributed by atoms with van der Waals surface area (Å²) in [6.07, 6.45) is 3.77. The molecule has 2 aliphatic rings. The zero-order valence-corrected chi connectivity index (χ0v) is 8.86. The fraction of sp³-hybridized carbons (Fsp3) is 1.00. The fourth-order valence-corrected chi connectivity index (χ4v) is 3.23. The molecule has 2 atom stereocenters. The predicted octanol–water partition coefficient (Wildman–Crippen LogP) is 0.286. The average Bonchev–Trinajstić information content (AvgIpc) is 2.45. The number of nitrogens with two attached hydrogens (primary N) is 1. The molecule has 1 heterocycles. The lowest BCUT2D eigenvalue weighted by Gasteiger charge is -2.37. The van der Waals surface area contributed by atoms with Crippen molar-refractivity contribution >= 4 is 0 Å². The van der Waals surface area contributed by atoms with Gasteiger partial charge in [-0.3, -0.25) is 0 Å². The Morgan fingerprint density at radius 3 is 2.36 bits per heavy atom. The number of hydrogen-bond donors (Lipinski definition) is 2. The molecule has 1 aliphatic heterocycles. The maximum absolute atomic E-state index is 9.30. The molecule has 0 aromatic rings. The number of aliphatic hydroxyl groups excluding tert-OH is 1. The van der Waals surface area contributed by atoms with Crippen molar-refractivity contribution in [1.82, 2.24) is 4.90 Å². The van der Waals surface area contributed by atoms with Crippen molar-refractivity contribution < 1.29 is 5.11 Å². The summed E-state index contributed by atoms with van der Waals surface area (Å²) in [5, 5.41) is 9.30. The van der Waals surface area contributed by atoms with Crippen LogP contribution < -0.4 is 5.73 Å². The van der Waals surface area contributed by atoms with Gasteiger partial charge in [0.25, 0.3) is 0 Å². The maximum atomic E-state index is 9.30. The normalized spacial score (nSPS) is 37.7. The van der Waals surface area contributed by atoms with Crippen molar-refractivity contribution in [2.45, 2.75) is 19.3 Å². The number of hydrogen-bond acceptors (Lipinski definition) is 3. The zero-order valence-electron chi connectivity index (χ0n) is 8.86. The van der Waals surface area contributed by atoms with Gasteiger partial charge in [-0.1, -0.05) is 0 Å². The highest BCUT2D eigenvalue weighted by atomic mass is 16.3. The molecule has 14 heavy (non-hydrogen) atoms. The molecule has 82 valence electrons. The van der Waals surface area contributed by atoms with E-state index >= 15 is 0 Å². The Hall–Kier alpha value is -0.120. The highest BCUT2D eigenvalue weighted by Crippen LogP contribution is 2.41. The van der Waals surface area contributed by atoms with E-state index in [1.165, 1.54) is 25.9 Å². The van der Waals surface area contributed by atoms with Crippen molar-refractivity contribution in [3.63, 3.8) is 0 Å². The van der Waals surface area contributed by atoms with Crippen LogP contribution in [-0.2, 0) is 0 Å². The van der Waals surface area contributed by atoms with Crippen molar-refractivity contribution in [3.8, 4) is 0 Å². The average molecular weight is 198 g/mol. The Balaban J connectivity index is 1.86. The number of piperidine rings is 1. The van der Waals surface area contributed by atoms with E-state index in [0.29, 0.717) is 12.5 Å². The molecule has 3 nitrogen and oxygen atoms in total. The van der Waals surface area contributed by atoms with Crippen molar-refractivity contribution in [1.29, 1.82) is 0 Å². The number of likely N-dealkylation sites (tertiary alicyclic amines) is 1. The lowest BCUT2D eigenvalue weighted by Crippen LogP contribution is -2.43. The lowest BCUT2D eigenvalue weighted by molar-refractivity contribution is 0.0663. The Morgan fingerprint density at radius 2 is 1.86 bits per heavy atom. The first kappa shape index (κ1) is 10.4. The van der Waals surface area contributed by atoms with Crippen LogP contribution in [0.3, 0.4) is 0 Å². The van der Waals surface area contributed by atoms with Crippen LogP contribution in [0.15, 0.2) is 0 Å². The third kappa shape index (κ3) is 1.95. The van der Waals surface area contributed by atoms with Crippen LogP contribution in [0.2, 0.25) is 0 Å². The van der Waals surface area contributed by atoms with Gasteiger partial charge in [-0.05, 0) is 50.1 Å². The second-order valence-electron chi connectivity index (χ2n) is 4.85. The smallest absolute Gasteiger partial charge is 0.0465 e. The highest BCUT2D eigenvalue weighted by Gasteiger charge is 2.40. The van der Waals surface area contributed by atoms with Crippen LogP contribution in [0.4, 0.5) is 0 Å². The molecule has 1 saturated carbocycles. The minimum atomic E-state index is 0.403. The van der Waals surface area contributed by atoms with Gasteiger partial charge in [-0.15, -0.1) is 0 Å². The number of fused-ring (bicyclic) bond motifs is 2. The molecule has 2 fully saturated rings. The zero-order chi connectivity index (χ0) is 9.97. The summed E-state index contributed by atoms with van der Waals surface area (Å²) in [6.45, 7) is 4.75. The number of rotatable bonds is 4. The van der Waals surface area contributed by atoms with Crippen LogP contribution in [-0.4, -0.2) is 42.8 Å². The molecule has 0 aromatic carbocycles. The first-order valence-corrected chi connectivity index (χ1v) is 5.88. The van der Waals surface area contributed by atoms with Crippen LogP contribution in [0.25, 0.3) is 0 Å². The van der Waals surface area contributed by atoms with Gasteiger partial charge in [0, 0.05) is 19.7 Å². The molecule has 1 saturated heterocycles. The fourth-order valence-electron chi connectivity index (χ4n) is 3.23. The monoisotopic (exact) mass is 198 g/mol. The molecule has 3 N–H and O–H groups in total. The van der Waals surface area contributed by atoms with Crippen LogP contribution in [0.1, 0.15) is 19.3 Å². The standard InChI is InChI=1S/C11H22N2O/c12-4-1-5-13-6-9-2-3-10(7-13)11(9)8-14/h9-11,14H,1-8,12H2. The number of nitrogens with zero attached hydrogens (tertiary/aromatic N) is 1. The van der Waals surface area contributed by atoms with E-state index in [0.717, 1.165) is 31.3 Å². The van der Waals surface area contributed by atoms with Crippen molar-refractivity contribution in [2.24, 2.45) is 23.5 Å². The molecule has 0 spiro atoms. The lowest BCUT2D eigenvalue weighted by atomic mass is 9.86. The molecule has 2 unspecified atom stereocenters. The summed E-state index contributed by atoms with van der Waals surface area (Å²) >= 11 is 0. The van der Waals surface area contributed by atoms with Crippen molar-refractivity contribution in [3.05, 3.63) is 0 Å². The third-order valence-corrected chi connectivity index (χ3v) is 3.99. The van der Waals surface area contributed by atoms with Crippen LogP contribution >= 0.6 is 0 Å². The summed E-state index contributed by atoms with van der Waals surface area (Å²) < 4.78 is 0. The second-order valence-corrected chi connectivity index (χ2v) is 4.85. The van der Waals surface area contributed by atoms with Gasteiger partial charge < -0.3 is 15.7 Å². The van der Waals surface area contributed by atoms with Crippen LogP contribution in [0.5, 0.6) is 0 Å². The van der Waals surface area contributed by atoms with Gasteiger partial charge in [0.1, 0.15) is 0 Å². The van der Waals surface area contributed by atoms with Gasteiger partial charge in [-0.25, -0.2) is 0 Å². The minimum Gasteiger partial charge on any atom is -0.396 e. The van der Waals surface area contributed by atoms with Gasteiger partial charge >= 0.3 is 0 Å². The van der Waals surface area contributed by atoms with E-state index in [1.54, 1.807) is 0 Å². The summed E-state index contributed by atoms with van der Waals surface area (Å²) in [4.78, 5) is 2.54. The summed E-state index contributed by atoms with van der Waals surface area (Å²) in [5.41, 5.74) is 5.52. The van der Waals surface area contributed by atoms with E-state index in [2.05, 4.69) is 4.90 Å². The van der Waals surface area contributed by atoms with Crippen molar-refractivity contribution in [2.75, 3.05) is 32.8 Å². The molecular formula is C11H22N2O. The summed E-state index contributed by atoms with van der Waals surface area (Å²) in [5.74, 6) is 2.12.